The lowest BCUT2D eigenvalue weighted by molar-refractivity contribution is -0.159. The number of aliphatic hydroxyl groups excluding tert-OH is 2. The summed E-state index contributed by atoms with van der Waals surface area (Å²) in [5, 5.41) is 19.9. The highest BCUT2D eigenvalue weighted by Gasteiger charge is 2.60. The van der Waals surface area contributed by atoms with E-state index in [1.54, 1.807) is 13.8 Å². The van der Waals surface area contributed by atoms with Crippen LogP contribution in [0.3, 0.4) is 0 Å². The molecule has 0 aliphatic carbocycles. The molecule has 6 nitrogen and oxygen atoms in total. The highest BCUT2D eigenvalue weighted by Crippen LogP contribution is 2.43. The Hall–Kier alpha value is -0.980. The lowest BCUT2D eigenvalue weighted by Gasteiger charge is -2.30. The van der Waals surface area contributed by atoms with Crippen LogP contribution in [0.4, 0.5) is 0 Å². The minimum atomic E-state index is -0.908. The van der Waals surface area contributed by atoms with Gasteiger partial charge in [-0.05, 0) is 31.6 Å². The summed E-state index contributed by atoms with van der Waals surface area (Å²) in [5.41, 5.74) is -0.908. The quantitative estimate of drug-likeness (QED) is 0.557. The first-order valence-corrected chi connectivity index (χ1v) is 9.34. The third-order valence-electron chi connectivity index (χ3n) is 5.85. The SMILES string of the molecule is CC(C)[C@@H](O)C[C@H]1O[C@]1(C)C(=O)[C@@H](C)[C@@H]1CC[C@H](C)[C@H](O)CC(=O)O1. The van der Waals surface area contributed by atoms with Crippen LogP contribution in [0.15, 0.2) is 0 Å². The smallest absolute Gasteiger partial charge is 0.308 e. The van der Waals surface area contributed by atoms with Gasteiger partial charge in [0.15, 0.2) is 11.4 Å². The molecule has 0 bridgehead atoms. The number of hydrogen-bond acceptors (Lipinski definition) is 6. The minimum Gasteiger partial charge on any atom is -0.462 e. The fraction of sp³-hybridized carbons (Fsp3) is 0.895. The summed E-state index contributed by atoms with van der Waals surface area (Å²) < 4.78 is 11.1. The maximum atomic E-state index is 12.9. The monoisotopic (exact) mass is 356 g/mol. The largest absolute Gasteiger partial charge is 0.462 e. The van der Waals surface area contributed by atoms with Crippen LogP contribution in [0.2, 0.25) is 0 Å². The Morgan fingerprint density at radius 1 is 1.32 bits per heavy atom. The molecular weight excluding hydrogens is 324 g/mol. The second-order valence-electron chi connectivity index (χ2n) is 8.27. The first-order valence-electron chi connectivity index (χ1n) is 9.34. The van der Waals surface area contributed by atoms with E-state index in [-0.39, 0.29) is 30.1 Å². The number of rotatable bonds is 6. The van der Waals surface area contributed by atoms with E-state index in [1.807, 2.05) is 20.8 Å². The Balaban J connectivity index is 1.98. The van der Waals surface area contributed by atoms with E-state index in [2.05, 4.69) is 0 Å². The number of ketones is 1. The topological polar surface area (TPSA) is 96.4 Å². The van der Waals surface area contributed by atoms with Crippen LogP contribution < -0.4 is 0 Å². The average Bonchev–Trinajstić information content (AvgIpc) is 3.19. The fourth-order valence-electron chi connectivity index (χ4n) is 3.48. The van der Waals surface area contributed by atoms with Gasteiger partial charge in [0.05, 0.1) is 30.7 Å². The van der Waals surface area contributed by atoms with Crippen LogP contribution in [-0.2, 0) is 19.1 Å². The second-order valence-corrected chi connectivity index (χ2v) is 8.27. The molecule has 0 aromatic carbocycles. The summed E-state index contributed by atoms with van der Waals surface area (Å²) in [6.45, 7) is 9.28. The van der Waals surface area contributed by atoms with Crippen molar-refractivity contribution >= 4 is 11.8 Å². The molecule has 2 heterocycles. The molecule has 0 aromatic rings. The normalized spacial score (nSPS) is 38.5. The van der Waals surface area contributed by atoms with Gasteiger partial charge >= 0.3 is 5.97 Å². The molecule has 2 N–H and O–H groups in total. The number of ether oxygens (including phenoxy) is 2. The van der Waals surface area contributed by atoms with E-state index < -0.39 is 35.8 Å². The van der Waals surface area contributed by atoms with Gasteiger partial charge in [0, 0.05) is 6.42 Å². The minimum absolute atomic E-state index is 0.000601. The zero-order valence-corrected chi connectivity index (χ0v) is 15.9. The van der Waals surface area contributed by atoms with Crippen molar-refractivity contribution in [3.63, 3.8) is 0 Å². The first kappa shape index (κ1) is 20.3. The predicted molar refractivity (Wildman–Crippen MR) is 91.8 cm³/mol. The lowest BCUT2D eigenvalue weighted by Crippen LogP contribution is -2.41. The van der Waals surface area contributed by atoms with Gasteiger partial charge in [0.25, 0.3) is 0 Å². The Bertz CT molecular complexity index is 504. The summed E-state index contributed by atoms with van der Waals surface area (Å²) in [5.74, 6) is -0.908. The molecule has 0 amide bonds. The standard InChI is InChI=1S/C19H32O6/c1-10(2)13(20)8-16-19(5,25-16)18(23)12(4)15-7-6-11(3)14(21)9-17(22)24-15/h10-16,20-21H,6-9H2,1-5H3/t11-,12-,13-,14+,15-,16+,19-/m0/s1. The van der Waals surface area contributed by atoms with E-state index in [0.29, 0.717) is 19.3 Å². The van der Waals surface area contributed by atoms with Crippen molar-refractivity contribution in [2.45, 2.75) is 90.3 Å². The molecule has 2 saturated heterocycles. The number of esters is 1. The molecule has 25 heavy (non-hydrogen) atoms. The molecule has 0 saturated carbocycles. The van der Waals surface area contributed by atoms with Gasteiger partial charge in [-0.2, -0.15) is 0 Å². The lowest BCUT2D eigenvalue weighted by atomic mass is 9.83. The van der Waals surface area contributed by atoms with Gasteiger partial charge in [0.1, 0.15) is 6.10 Å². The van der Waals surface area contributed by atoms with Crippen molar-refractivity contribution in [1.82, 2.24) is 0 Å². The zero-order valence-electron chi connectivity index (χ0n) is 15.9. The Morgan fingerprint density at radius 2 is 1.96 bits per heavy atom. The third kappa shape index (κ3) is 4.60. The van der Waals surface area contributed by atoms with Gasteiger partial charge in [-0.3, -0.25) is 9.59 Å². The molecule has 144 valence electrons. The van der Waals surface area contributed by atoms with Crippen molar-refractivity contribution in [1.29, 1.82) is 0 Å². The van der Waals surface area contributed by atoms with Crippen molar-refractivity contribution in [2.75, 3.05) is 0 Å². The van der Waals surface area contributed by atoms with Crippen LogP contribution in [0.5, 0.6) is 0 Å². The Kier molecular flexibility index (Phi) is 6.28. The van der Waals surface area contributed by atoms with Crippen LogP contribution in [0.1, 0.15) is 60.3 Å². The van der Waals surface area contributed by atoms with Crippen LogP contribution in [-0.4, -0.2) is 52.0 Å². The highest BCUT2D eigenvalue weighted by molar-refractivity contribution is 5.92. The summed E-state index contributed by atoms with van der Waals surface area (Å²) in [7, 11) is 0. The number of Topliss-reactive ketones (excluding diaryl/α,β-unsaturated/α-hetero) is 1. The number of carbonyl (C=O) groups is 2. The Labute approximate surface area is 149 Å². The van der Waals surface area contributed by atoms with Gasteiger partial charge in [-0.25, -0.2) is 0 Å². The molecule has 0 spiro atoms. The maximum Gasteiger partial charge on any atom is 0.308 e. The average molecular weight is 356 g/mol. The van der Waals surface area contributed by atoms with E-state index >= 15 is 0 Å². The van der Waals surface area contributed by atoms with Crippen molar-refractivity contribution in [2.24, 2.45) is 17.8 Å². The summed E-state index contributed by atoms with van der Waals surface area (Å²) >= 11 is 0. The highest BCUT2D eigenvalue weighted by atomic mass is 16.6. The first-order chi connectivity index (χ1) is 11.6. The molecule has 0 radical (unpaired) electrons. The van der Waals surface area contributed by atoms with Gasteiger partial charge in [0.2, 0.25) is 0 Å². The molecule has 2 aliphatic rings. The maximum absolute atomic E-state index is 12.9. The molecule has 0 aromatic heterocycles. The van der Waals surface area contributed by atoms with Crippen molar-refractivity contribution in [3.8, 4) is 0 Å². The molecule has 0 unspecified atom stereocenters. The third-order valence-corrected chi connectivity index (χ3v) is 5.85. The zero-order chi connectivity index (χ0) is 18.9. The summed E-state index contributed by atoms with van der Waals surface area (Å²) in [6.07, 6.45) is -0.329. The predicted octanol–water partition coefficient (Wildman–Crippen LogP) is 1.85. The molecule has 2 aliphatic heterocycles. The summed E-state index contributed by atoms with van der Waals surface area (Å²) in [6, 6.07) is 0. The van der Waals surface area contributed by atoms with E-state index in [4.69, 9.17) is 9.47 Å². The Morgan fingerprint density at radius 3 is 2.56 bits per heavy atom. The van der Waals surface area contributed by atoms with E-state index in [0.717, 1.165) is 0 Å². The van der Waals surface area contributed by atoms with Gasteiger partial charge < -0.3 is 19.7 Å². The molecule has 6 heteroatoms. The number of carbonyl (C=O) groups excluding carboxylic acids is 2. The van der Waals surface area contributed by atoms with Crippen LogP contribution >= 0.6 is 0 Å². The molecule has 7 atom stereocenters. The number of hydrogen-bond donors (Lipinski definition) is 2. The molecular formula is C19H32O6. The number of cyclic esters (lactones) is 1. The van der Waals surface area contributed by atoms with Gasteiger partial charge in [-0.15, -0.1) is 0 Å². The molecule has 2 rings (SSSR count). The fourth-order valence-corrected chi connectivity index (χ4v) is 3.48. The number of aliphatic hydroxyl groups is 2. The van der Waals surface area contributed by atoms with Crippen LogP contribution in [0, 0.1) is 17.8 Å². The number of epoxide rings is 1. The summed E-state index contributed by atoms with van der Waals surface area (Å²) in [4.78, 5) is 24.8. The molecule has 2 fully saturated rings. The second kappa shape index (κ2) is 7.72. The van der Waals surface area contributed by atoms with Crippen molar-refractivity contribution < 1.29 is 29.3 Å². The van der Waals surface area contributed by atoms with E-state index in [9.17, 15) is 19.8 Å². The van der Waals surface area contributed by atoms with E-state index in [1.165, 1.54) is 0 Å². The van der Waals surface area contributed by atoms with Crippen LogP contribution in [0.25, 0.3) is 0 Å². The van der Waals surface area contributed by atoms with Crippen molar-refractivity contribution in [3.05, 3.63) is 0 Å². The van der Waals surface area contributed by atoms with Gasteiger partial charge in [-0.1, -0.05) is 27.7 Å².